The summed E-state index contributed by atoms with van der Waals surface area (Å²) in [5, 5.41) is 7.12. The van der Waals surface area contributed by atoms with Crippen molar-refractivity contribution in [1.29, 1.82) is 0 Å². The summed E-state index contributed by atoms with van der Waals surface area (Å²) < 4.78 is 37.2. The zero-order chi connectivity index (χ0) is 18.4. The van der Waals surface area contributed by atoms with Crippen molar-refractivity contribution in [1.82, 2.24) is 14.9 Å². The average molecular weight is 361 g/mol. The third-order valence-corrected chi connectivity index (χ3v) is 4.38. The van der Waals surface area contributed by atoms with Crippen LogP contribution >= 0.6 is 0 Å². The number of carbonyl (C=O) groups is 1. The summed E-state index contributed by atoms with van der Waals surface area (Å²) in [5.41, 5.74) is 3.79. The molecule has 0 bridgehead atoms. The van der Waals surface area contributed by atoms with E-state index >= 15 is 0 Å². The summed E-state index contributed by atoms with van der Waals surface area (Å²) >= 11 is 0. The fraction of sp³-hybridized carbons (Fsp3) is 0.688. The van der Waals surface area contributed by atoms with Gasteiger partial charge < -0.3 is 14.7 Å². The van der Waals surface area contributed by atoms with Gasteiger partial charge in [0.05, 0.1) is 6.61 Å². The lowest BCUT2D eigenvalue weighted by molar-refractivity contribution is -0.192. The van der Waals surface area contributed by atoms with Gasteiger partial charge in [-0.05, 0) is 31.2 Å². The Labute approximate surface area is 144 Å². The third-order valence-electron chi connectivity index (χ3n) is 4.38. The van der Waals surface area contributed by atoms with Gasteiger partial charge in [0.15, 0.2) is 0 Å². The molecule has 0 aliphatic carbocycles. The first-order valence-corrected chi connectivity index (χ1v) is 8.17. The van der Waals surface area contributed by atoms with E-state index in [1.807, 2.05) is 0 Å². The number of nitrogens with zero attached hydrogens (tertiary/aromatic N) is 3. The molecule has 25 heavy (non-hydrogen) atoms. The Morgan fingerprint density at radius 3 is 2.64 bits per heavy atom. The smallest absolute Gasteiger partial charge is 0.475 e. The van der Waals surface area contributed by atoms with Gasteiger partial charge in [-0.15, -0.1) is 0 Å². The van der Waals surface area contributed by atoms with Crippen molar-refractivity contribution < 1.29 is 27.8 Å². The second-order valence-electron chi connectivity index (χ2n) is 6.22. The van der Waals surface area contributed by atoms with Crippen molar-refractivity contribution in [3.8, 4) is 0 Å². The minimum Gasteiger partial charge on any atom is -0.475 e. The highest BCUT2D eigenvalue weighted by atomic mass is 19.4. The fourth-order valence-corrected chi connectivity index (χ4v) is 3.01. The number of hydrogen-bond donors (Lipinski definition) is 1. The first-order valence-electron chi connectivity index (χ1n) is 8.17. The Kier molecular flexibility index (Phi) is 6.71. The van der Waals surface area contributed by atoms with Crippen LogP contribution in [0.25, 0.3) is 0 Å². The number of ether oxygens (including phenoxy) is 1. The number of fused-ring (bicyclic) bond motifs is 1. The number of alkyl halides is 3. The van der Waals surface area contributed by atoms with Crippen molar-refractivity contribution in [2.75, 3.05) is 32.8 Å². The number of aryl methyl sites for hydroxylation is 1. The molecular weight excluding hydrogens is 339 g/mol. The molecule has 3 rings (SSSR count). The van der Waals surface area contributed by atoms with Gasteiger partial charge >= 0.3 is 12.1 Å². The maximum absolute atomic E-state index is 10.6. The summed E-state index contributed by atoms with van der Waals surface area (Å²) in [6, 6.07) is 0. The van der Waals surface area contributed by atoms with E-state index in [-0.39, 0.29) is 0 Å². The molecule has 0 radical (unpaired) electrons. The van der Waals surface area contributed by atoms with Crippen LogP contribution in [0.15, 0.2) is 6.33 Å². The number of carboxylic acids is 1. The Morgan fingerprint density at radius 1 is 1.36 bits per heavy atom. The predicted octanol–water partition coefficient (Wildman–Crippen LogP) is 1.86. The molecule has 1 N–H and O–H groups in total. The molecule has 0 amide bonds. The number of carboxylic acid groups (broad SMARTS) is 1. The molecule has 1 aromatic rings. The van der Waals surface area contributed by atoms with E-state index in [4.69, 9.17) is 14.6 Å². The number of hydrogen-bond acceptors (Lipinski definition) is 5. The summed E-state index contributed by atoms with van der Waals surface area (Å²) in [6.07, 6.45) is -0.00122. The molecule has 1 fully saturated rings. The maximum Gasteiger partial charge on any atom is 0.490 e. The van der Waals surface area contributed by atoms with E-state index in [0.29, 0.717) is 0 Å². The fourth-order valence-electron chi connectivity index (χ4n) is 3.01. The highest BCUT2D eigenvalue weighted by molar-refractivity contribution is 5.73. The minimum absolute atomic E-state index is 0.735. The van der Waals surface area contributed by atoms with Crippen LogP contribution in [0.3, 0.4) is 0 Å². The van der Waals surface area contributed by atoms with Crippen LogP contribution in [0.1, 0.15) is 23.4 Å². The summed E-state index contributed by atoms with van der Waals surface area (Å²) in [7, 11) is 0. The lowest BCUT2D eigenvalue weighted by Crippen LogP contribution is -2.32. The highest BCUT2D eigenvalue weighted by Gasteiger charge is 2.38. The molecule has 1 aromatic heterocycles. The second-order valence-corrected chi connectivity index (χ2v) is 6.22. The standard InChI is InChI=1S/C14H21N3O.C2HF3O2/c1-11-13-2-5-17(8-12-4-7-18-9-12)6-3-14(13)16-10-15-11;3-2(4,5)1(6)7/h10,12H,2-9H2,1H3;(H,6,7). The van der Waals surface area contributed by atoms with E-state index in [1.165, 1.54) is 24.2 Å². The van der Waals surface area contributed by atoms with Gasteiger partial charge in [-0.2, -0.15) is 13.2 Å². The van der Waals surface area contributed by atoms with E-state index in [9.17, 15) is 13.2 Å². The number of halogens is 3. The quantitative estimate of drug-likeness (QED) is 0.867. The first-order chi connectivity index (χ1) is 11.8. The van der Waals surface area contributed by atoms with Gasteiger partial charge in [0.1, 0.15) is 6.33 Å². The lowest BCUT2D eigenvalue weighted by atomic mass is 10.1. The molecule has 0 saturated carbocycles. The molecule has 2 aliphatic rings. The minimum atomic E-state index is -5.08. The third kappa shape index (κ3) is 5.93. The van der Waals surface area contributed by atoms with Crippen LogP contribution in [-0.2, 0) is 22.4 Å². The molecule has 1 saturated heterocycles. The molecule has 3 heterocycles. The lowest BCUT2D eigenvalue weighted by Gasteiger charge is -2.22. The summed E-state index contributed by atoms with van der Waals surface area (Å²) in [4.78, 5) is 20.2. The van der Waals surface area contributed by atoms with E-state index in [0.717, 1.165) is 50.8 Å². The Morgan fingerprint density at radius 2 is 2.04 bits per heavy atom. The maximum atomic E-state index is 10.6. The van der Waals surface area contributed by atoms with Gasteiger partial charge in [0.2, 0.25) is 0 Å². The zero-order valence-corrected chi connectivity index (χ0v) is 14.1. The topological polar surface area (TPSA) is 75.5 Å². The van der Waals surface area contributed by atoms with Crippen LogP contribution < -0.4 is 0 Å². The number of rotatable bonds is 2. The van der Waals surface area contributed by atoms with Crippen LogP contribution in [0, 0.1) is 12.8 Å². The monoisotopic (exact) mass is 361 g/mol. The van der Waals surface area contributed by atoms with Crippen molar-refractivity contribution >= 4 is 5.97 Å². The Bertz CT molecular complexity index is 590. The summed E-state index contributed by atoms with van der Waals surface area (Å²) in [5.74, 6) is -2.02. The molecular formula is C16H22F3N3O3. The second kappa shape index (κ2) is 8.57. The van der Waals surface area contributed by atoms with E-state index in [1.54, 1.807) is 6.33 Å². The normalized spacial score (nSPS) is 21.0. The van der Waals surface area contributed by atoms with E-state index in [2.05, 4.69) is 21.8 Å². The van der Waals surface area contributed by atoms with Crippen molar-refractivity contribution in [2.24, 2.45) is 5.92 Å². The SMILES string of the molecule is Cc1ncnc2c1CCN(CC1CCOC1)CC2.O=C(O)C(F)(F)F. The van der Waals surface area contributed by atoms with Crippen LogP contribution in [0.2, 0.25) is 0 Å². The molecule has 1 unspecified atom stereocenters. The van der Waals surface area contributed by atoms with Gasteiger partial charge in [-0.3, -0.25) is 0 Å². The first kappa shape index (κ1) is 19.6. The molecule has 0 spiro atoms. The Hall–Kier alpha value is -1.74. The molecule has 0 aromatic carbocycles. The van der Waals surface area contributed by atoms with E-state index < -0.39 is 12.1 Å². The molecule has 9 heteroatoms. The van der Waals surface area contributed by atoms with Crippen molar-refractivity contribution in [3.05, 3.63) is 23.3 Å². The van der Waals surface area contributed by atoms with Gasteiger partial charge in [0.25, 0.3) is 0 Å². The number of aliphatic carboxylic acids is 1. The predicted molar refractivity (Wildman–Crippen MR) is 83.2 cm³/mol. The van der Waals surface area contributed by atoms with Crippen LogP contribution in [0.5, 0.6) is 0 Å². The van der Waals surface area contributed by atoms with Gasteiger partial charge in [-0.25, -0.2) is 14.8 Å². The zero-order valence-electron chi connectivity index (χ0n) is 14.1. The largest absolute Gasteiger partial charge is 0.490 e. The molecule has 6 nitrogen and oxygen atoms in total. The number of aromatic nitrogens is 2. The van der Waals surface area contributed by atoms with Crippen LogP contribution in [-0.4, -0.2) is 65.0 Å². The summed E-state index contributed by atoms with van der Waals surface area (Å²) in [6.45, 7) is 7.44. The van der Waals surface area contributed by atoms with Crippen molar-refractivity contribution in [3.63, 3.8) is 0 Å². The Balaban J connectivity index is 0.000000277. The molecule has 1 atom stereocenters. The van der Waals surface area contributed by atoms with Crippen molar-refractivity contribution in [2.45, 2.75) is 32.4 Å². The van der Waals surface area contributed by atoms with Crippen LogP contribution in [0.4, 0.5) is 13.2 Å². The van der Waals surface area contributed by atoms with Gasteiger partial charge in [-0.1, -0.05) is 0 Å². The average Bonchev–Trinajstić information content (AvgIpc) is 2.95. The van der Waals surface area contributed by atoms with Gasteiger partial charge in [0, 0.05) is 44.0 Å². The molecule has 140 valence electrons. The highest BCUT2D eigenvalue weighted by Crippen LogP contribution is 2.19. The molecule has 2 aliphatic heterocycles.